The number of amides is 3. The molecule has 0 radical (unpaired) electrons. The third kappa shape index (κ3) is 7.97. The number of hydrogen-bond acceptors (Lipinski definition) is 4. The molecule has 0 aliphatic rings. The minimum Gasteiger partial charge on any atom is -0.497 e. The zero-order valence-electron chi connectivity index (χ0n) is 18.3. The van der Waals surface area contributed by atoms with Crippen molar-refractivity contribution in [3.05, 3.63) is 65.7 Å². The molecule has 0 fully saturated rings. The molecule has 3 N–H and O–H groups in total. The second-order valence-electron chi connectivity index (χ2n) is 7.40. The van der Waals surface area contributed by atoms with Gasteiger partial charge in [-0.1, -0.05) is 38.1 Å². The number of carbonyl (C=O) groups excluding carboxylic acids is 3. The number of rotatable bonds is 9. The molecular weight excluding hydrogens is 394 g/mol. The Bertz CT molecular complexity index is 936. The van der Waals surface area contributed by atoms with E-state index in [0.29, 0.717) is 5.69 Å². The predicted octanol–water partition coefficient (Wildman–Crippen LogP) is 3.12. The number of carbonyl (C=O) groups is 3. The molecule has 31 heavy (non-hydrogen) atoms. The van der Waals surface area contributed by atoms with Crippen molar-refractivity contribution in [3.63, 3.8) is 0 Å². The average Bonchev–Trinajstić information content (AvgIpc) is 2.76. The molecular formula is C24H29N3O4. The Balaban J connectivity index is 1.83. The van der Waals surface area contributed by atoms with Gasteiger partial charge in [-0.2, -0.15) is 0 Å². The maximum atomic E-state index is 12.3. The van der Waals surface area contributed by atoms with Crippen LogP contribution in [0, 0.1) is 5.92 Å². The highest BCUT2D eigenvalue weighted by atomic mass is 16.5. The smallest absolute Gasteiger partial charge is 0.244 e. The fourth-order valence-corrected chi connectivity index (χ4v) is 2.60. The zero-order chi connectivity index (χ0) is 22.8. The standard InChI is InChI=1S/C24H29N3O4/c1-16(2)23(29)27-20-7-5-6-19(14-20)15-25-24(30)17(3)26-22(28)13-10-18-8-11-21(31-4)12-9-18/h5-14,16-17H,15H2,1-4H3,(H,25,30)(H,26,28)(H,27,29)/b13-10+. The highest BCUT2D eigenvalue weighted by Crippen LogP contribution is 2.13. The Hall–Kier alpha value is -3.61. The average molecular weight is 424 g/mol. The molecule has 0 saturated carbocycles. The molecule has 7 heteroatoms. The lowest BCUT2D eigenvalue weighted by molar-refractivity contribution is -0.126. The summed E-state index contributed by atoms with van der Waals surface area (Å²) in [6.45, 7) is 5.54. The van der Waals surface area contributed by atoms with E-state index in [4.69, 9.17) is 4.74 Å². The van der Waals surface area contributed by atoms with Crippen LogP contribution in [0.25, 0.3) is 6.08 Å². The van der Waals surface area contributed by atoms with E-state index in [0.717, 1.165) is 16.9 Å². The number of anilines is 1. The van der Waals surface area contributed by atoms with E-state index >= 15 is 0 Å². The first kappa shape index (κ1) is 23.7. The quantitative estimate of drug-likeness (QED) is 0.540. The van der Waals surface area contributed by atoms with Crippen LogP contribution >= 0.6 is 0 Å². The summed E-state index contributed by atoms with van der Waals surface area (Å²) < 4.78 is 5.10. The van der Waals surface area contributed by atoms with Crippen molar-refractivity contribution in [1.82, 2.24) is 10.6 Å². The molecule has 0 aliphatic heterocycles. The second kappa shape index (κ2) is 11.5. The van der Waals surface area contributed by atoms with Gasteiger partial charge in [0.2, 0.25) is 17.7 Å². The highest BCUT2D eigenvalue weighted by Gasteiger charge is 2.14. The zero-order valence-corrected chi connectivity index (χ0v) is 18.3. The van der Waals surface area contributed by atoms with E-state index in [-0.39, 0.29) is 30.2 Å². The van der Waals surface area contributed by atoms with Gasteiger partial charge in [-0.05, 0) is 48.4 Å². The lowest BCUT2D eigenvalue weighted by Gasteiger charge is -2.14. The lowest BCUT2D eigenvalue weighted by Crippen LogP contribution is -2.44. The molecule has 0 aliphatic carbocycles. The predicted molar refractivity (Wildman–Crippen MR) is 121 cm³/mol. The van der Waals surface area contributed by atoms with Gasteiger partial charge in [0.1, 0.15) is 11.8 Å². The van der Waals surface area contributed by atoms with E-state index in [1.54, 1.807) is 44.4 Å². The van der Waals surface area contributed by atoms with Crippen molar-refractivity contribution < 1.29 is 19.1 Å². The van der Waals surface area contributed by atoms with Gasteiger partial charge in [0.15, 0.2) is 0 Å². The summed E-state index contributed by atoms with van der Waals surface area (Å²) in [7, 11) is 1.59. The Morgan fingerprint density at radius 2 is 1.71 bits per heavy atom. The maximum absolute atomic E-state index is 12.3. The molecule has 2 aromatic carbocycles. The minimum absolute atomic E-state index is 0.0692. The van der Waals surface area contributed by atoms with Crippen molar-refractivity contribution in [2.45, 2.75) is 33.4 Å². The monoisotopic (exact) mass is 423 g/mol. The van der Waals surface area contributed by atoms with E-state index in [1.165, 1.54) is 6.08 Å². The molecule has 0 aromatic heterocycles. The van der Waals surface area contributed by atoms with Gasteiger partial charge in [0.05, 0.1) is 7.11 Å². The van der Waals surface area contributed by atoms with Gasteiger partial charge < -0.3 is 20.7 Å². The topological polar surface area (TPSA) is 96.5 Å². The Morgan fingerprint density at radius 3 is 2.35 bits per heavy atom. The van der Waals surface area contributed by atoms with E-state index in [1.807, 2.05) is 38.1 Å². The van der Waals surface area contributed by atoms with Crippen LogP contribution in [0.1, 0.15) is 31.9 Å². The first-order valence-corrected chi connectivity index (χ1v) is 10.1. The van der Waals surface area contributed by atoms with Crippen LogP contribution in [0.2, 0.25) is 0 Å². The summed E-state index contributed by atoms with van der Waals surface area (Å²) in [6.07, 6.45) is 3.04. The van der Waals surface area contributed by atoms with Crippen molar-refractivity contribution in [2.75, 3.05) is 12.4 Å². The molecule has 3 amide bonds. The van der Waals surface area contributed by atoms with Crippen LogP contribution in [-0.2, 0) is 20.9 Å². The highest BCUT2D eigenvalue weighted by molar-refractivity contribution is 5.95. The van der Waals surface area contributed by atoms with Crippen molar-refractivity contribution >= 4 is 29.5 Å². The molecule has 164 valence electrons. The largest absolute Gasteiger partial charge is 0.497 e. The van der Waals surface area contributed by atoms with Crippen LogP contribution < -0.4 is 20.7 Å². The molecule has 0 heterocycles. The minimum atomic E-state index is -0.697. The SMILES string of the molecule is COc1ccc(/C=C/C(=O)NC(C)C(=O)NCc2cccc(NC(=O)C(C)C)c2)cc1. The Morgan fingerprint density at radius 1 is 1.00 bits per heavy atom. The van der Waals surface area contributed by atoms with Crippen LogP contribution in [0.5, 0.6) is 5.75 Å². The summed E-state index contributed by atoms with van der Waals surface area (Å²) in [5.74, 6) is -0.119. The summed E-state index contributed by atoms with van der Waals surface area (Å²) in [5, 5.41) is 8.26. The maximum Gasteiger partial charge on any atom is 0.244 e. The summed E-state index contributed by atoms with van der Waals surface area (Å²) in [5.41, 5.74) is 2.36. The Labute approximate surface area is 182 Å². The number of methoxy groups -OCH3 is 1. The van der Waals surface area contributed by atoms with Gasteiger partial charge >= 0.3 is 0 Å². The first-order valence-electron chi connectivity index (χ1n) is 10.1. The van der Waals surface area contributed by atoms with Crippen LogP contribution in [0.3, 0.4) is 0 Å². The van der Waals surface area contributed by atoms with Gasteiger partial charge in [-0.25, -0.2) is 0 Å². The van der Waals surface area contributed by atoms with Crippen molar-refractivity contribution in [1.29, 1.82) is 0 Å². The molecule has 1 atom stereocenters. The van der Waals surface area contributed by atoms with Gasteiger partial charge in [0.25, 0.3) is 0 Å². The third-order valence-electron chi connectivity index (χ3n) is 4.48. The van der Waals surface area contributed by atoms with Gasteiger partial charge in [-0.15, -0.1) is 0 Å². The molecule has 2 rings (SSSR count). The third-order valence-corrected chi connectivity index (χ3v) is 4.48. The van der Waals surface area contributed by atoms with Crippen LogP contribution in [-0.4, -0.2) is 30.9 Å². The number of hydrogen-bond donors (Lipinski definition) is 3. The molecule has 0 bridgehead atoms. The number of nitrogens with one attached hydrogen (secondary N) is 3. The van der Waals surface area contributed by atoms with E-state index < -0.39 is 6.04 Å². The van der Waals surface area contributed by atoms with Gasteiger partial charge in [-0.3, -0.25) is 14.4 Å². The van der Waals surface area contributed by atoms with Crippen LogP contribution in [0.4, 0.5) is 5.69 Å². The molecule has 1 unspecified atom stereocenters. The molecule has 0 saturated heterocycles. The van der Waals surface area contributed by atoms with E-state index in [2.05, 4.69) is 16.0 Å². The Kier molecular flexibility index (Phi) is 8.81. The summed E-state index contributed by atoms with van der Waals surface area (Å²) >= 11 is 0. The number of benzene rings is 2. The fourth-order valence-electron chi connectivity index (χ4n) is 2.60. The van der Waals surface area contributed by atoms with Crippen molar-refractivity contribution in [2.24, 2.45) is 5.92 Å². The lowest BCUT2D eigenvalue weighted by atomic mass is 10.1. The van der Waals surface area contributed by atoms with E-state index in [9.17, 15) is 14.4 Å². The number of ether oxygens (including phenoxy) is 1. The summed E-state index contributed by atoms with van der Waals surface area (Å²) in [4.78, 5) is 36.2. The molecule has 2 aromatic rings. The van der Waals surface area contributed by atoms with Gasteiger partial charge in [0, 0.05) is 24.2 Å². The normalized spacial score (nSPS) is 11.8. The summed E-state index contributed by atoms with van der Waals surface area (Å²) in [6, 6.07) is 13.8. The van der Waals surface area contributed by atoms with Crippen molar-refractivity contribution in [3.8, 4) is 5.75 Å². The fraction of sp³-hybridized carbons (Fsp3) is 0.292. The first-order chi connectivity index (χ1) is 14.8. The molecule has 7 nitrogen and oxygen atoms in total. The molecule has 0 spiro atoms. The van der Waals surface area contributed by atoms with Crippen LogP contribution in [0.15, 0.2) is 54.6 Å². The second-order valence-corrected chi connectivity index (χ2v) is 7.40.